The van der Waals surface area contributed by atoms with E-state index in [2.05, 4.69) is 36.6 Å². The van der Waals surface area contributed by atoms with Gasteiger partial charge in [-0.3, -0.25) is 4.79 Å². The summed E-state index contributed by atoms with van der Waals surface area (Å²) in [4.78, 5) is 11.3. The molecule has 0 aromatic heterocycles. The molecule has 0 saturated carbocycles. The van der Waals surface area contributed by atoms with Crippen molar-refractivity contribution in [2.75, 3.05) is 13.1 Å². The molecule has 4 heteroatoms. The van der Waals surface area contributed by atoms with Gasteiger partial charge in [0.05, 0.1) is 5.92 Å². The van der Waals surface area contributed by atoms with Gasteiger partial charge in [0.2, 0.25) is 5.91 Å². The molecule has 18 heavy (non-hydrogen) atoms. The summed E-state index contributed by atoms with van der Waals surface area (Å²) in [5, 5.41) is 7.32. The molecule has 0 radical (unpaired) electrons. The Labute approximate surface area is 111 Å². The Kier molecular flexibility index (Phi) is 6.33. The average Bonchev–Trinajstić information content (AvgIpc) is 2.80. The van der Waals surface area contributed by atoms with Gasteiger partial charge in [-0.1, -0.05) is 20.8 Å². The van der Waals surface area contributed by atoms with E-state index in [1.165, 1.54) is 19.3 Å². The van der Waals surface area contributed by atoms with Crippen LogP contribution in [0.2, 0.25) is 0 Å². The number of nitrogens with one attached hydrogen (secondary N) is 2. The zero-order chi connectivity index (χ0) is 13.4. The first kappa shape index (κ1) is 15.2. The SMILES string of the molecule is CCC(CC)(CC)CNCCCC1C=NNC1=O. The molecule has 0 aliphatic carbocycles. The molecule has 1 aliphatic rings. The van der Waals surface area contributed by atoms with Crippen LogP contribution in [0.1, 0.15) is 52.9 Å². The van der Waals surface area contributed by atoms with E-state index in [0.717, 1.165) is 25.9 Å². The summed E-state index contributed by atoms with van der Waals surface area (Å²) in [5.41, 5.74) is 2.92. The first-order valence-corrected chi connectivity index (χ1v) is 7.21. The molecule has 2 N–H and O–H groups in total. The van der Waals surface area contributed by atoms with Crippen LogP contribution in [0, 0.1) is 11.3 Å². The molecular formula is C14H27N3O. The molecule has 1 amide bonds. The maximum atomic E-state index is 11.3. The van der Waals surface area contributed by atoms with Crippen molar-refractivity contribution in [3.05, 3.63) is 0 Å². The van der Waals surface area contributed by atoms with E-state index in [0.29, 0.717) is 5.41 Å². The minimum absolute atomic E-state index is 0.0138. The van der Waals surface area contributed by atoms with Crippen LogP contribution in [-0.4, -0.2) is 25.2 Å². The second-order valence-electron chi connectivity index (χ2n) is 5.24. The van der Waals surface area contributed by atoms with Crippen LogP contribution >= 0.6 is 0 Å². The number of rotatable bonds is 9. The van der Waals surface area contributed by atoms with Gasteiger partial charge in [-0.25, -0.2) is 5.43 Å². The Bertz CT molecular complexity index is 276. The van der Waals surface area contributed by atoms with Crippen LogP contribution in [-0.2, 0) is 4.79 Å². The lowest BCUT2D eigenvalue weighted by Gasteiger charge is -2.30. The van der Waals surface area contributed by atoms with E-state index in [9.17, 15) is 4.79 Å². The number of carbonyl (C=O) groups excluding carboxylic acids is 1. The standard InChI is InChI=1S/C14H27N3O/c1-4-14(5-2,6-3)11-15-9-7-8-12-10-16-17-13(12)18/h10,12,15H,4-9,11H2,1-3H3,(H,17,18). The molecule has 0 fully saturated rings. The first-order chi connectivity index (χ1) is 8.67. The zero-order valence-corrected chi connectivity index (χ0v) is 12.0. The Hall–Kier alpha value is -0.900. The van der Waals surface area contributed by atoms with E-state index < -0.39 is 0 Å². The fourth-order valence-corrected chi connectivity index (χ4v) is 2.47. The van der Waals surface area contributed by atoms with Crippen molar-refractivity contribution >= 4 is 12.1 Å². The maximum absolute atomic E-state index is 11.3. The second-order valence-corrected chi connectivity index (χ2v) is 5.24. The molecule has 4 nitrogen and oxygen atoms in total. The molecule has 1 aliphatic heterocycles. The summed E-state index contributed by atoms with van der Waals surface area (Å²) in [7, 11) is 0. The van der Waals surface area contributed by atoms with Gasteiger partial charge in [0.25, 0.3) is 0 Å². The summed E-state index contributed by atoms with van der Waals surface area (Å²) < 4.78 is 0. The predicted octanol–water partition coefficient (Wildman–Crippen LogP) is 2.30. The largest absolute Gasteiger partial charge is 0.316 e. The van der Waals surface area contributed by atoms with Gasteiger partial charge in [0.1, 0.15) is 0 Å². The maximum Gasteiger partial charge on any atom is 0.248 e. The monoisotopic (exact) mass is 253 g/mol. The first-order valence-electron chi connectivity index (χ1n) is 7.21. The predicted molar refractivity (Wildman–Crippen MR) is 75.5 cm³/mol. The van der Waals surface area contributed by atoms with E-state index >= 15 is 0 Å². The summed E-state index contributed by atoms with van der Waals surface area (Å²) in [6.07, 6.45) is 7.31. The van der Waals surface area contributed by atoms with Crippen molar-refractivity contribution in [3.63, 3.8) is 0 Å². The lowest BCUT2D eigenvalue weighted by Crippen LogP contribution is -2.33. The topological polar surface area (TPSA) is 53.5 Å². The van der Waals surface area contributed by atoms with Gasteiger partial charge < -0.3 is 5.32 Å². The summed E-state index contributed by atoms with van der Waals surface area (Å²) in [5.74, 6) is 0.0279. The van der Waals surface area contributed by atoms with Crippen LogP contribution in [0.15, 0.2) is 5.10 Å². The van der Waals surface area contributed by atoms with E-state index in [1.807, 2.05) is 0 Å². The normalized spacial score (nSPS) is 19.3. The third-order valence-corrected chi connectivity index (χ3v) is 4.38. The molecule has 1 unspecified atom stereocenters. The summed E-state index contributed by atoms with van der Waals surface area (Å²) >= 11 is 0. The Morgan fingerprint density at radius 1 is 1.33 bits per heavy atom. The van der Waals surface area contributed by atoms with Gasteiger partial charge in [0, 0.05) is 12.8 Å². The quantitative estimate of drug-likeness (QED) is 0.620. The molecule has 1 atom stereocenters. The van der Waals surface area contributed by atoms with Crippen molar-refractivity contribution < 1.29 is 4.79 Å². The highest BCUT2D eigenvalue weighted by atomic mass is 16.2. The lowest BCUT2D eigenvalue weighted by atomic mass is 9.80. The zero-order valence-electron chi connectivity index (χ0n) is 12.0. The van der Waals surface area contributed by atoms with Gasteiger partial charge in [-0.15, -0.1) is 0 Å². The van der Waals surface area contributed by atoms with Crippen molar-refractivity contribution in [1.82, 2.24) is 10.7 Å². The minimum Gasteiger partial charge on any atom is -0.316 e. The highest BCUT2D eigenvalue weighted by Crippen LogP contribution is 2.29. The van der Waals surface area contributed by atoms with Crippen LogP contribution in [0.3, 0.4) is 0 Å². The van der Waals surface area contributed by atoms with Crippen molar-refractivity contribution in [1.29, 1.82) is 0 Å². The smallest absolute Gasteiger partial charge is 0.248 e. The number of amides is 1. The van der Waals surface area contributed by atoms with E-state index in [1.54, 1.807) is 6.21 Å². The van der Waals surface area contributed by atoms with Gasteiger partial charge in [-0.05, 0) is 44.1 Å². The highest BCUT2D eigenvalue weighted by Gasteiger charge is 2.23. The number of carbonyl (C=O) groups is 1. The molecule has 0 saturated heterocycles. The molecule has 0 aromatic rings. The third kappa shape index (κ3) is 4.09. The molecule has 1 rings (SSSR count). The summed E-state index contributed by atoms with van der Waals surface area (Å²) in [6.45, 7) is 8.89. The second kappa shape index (κ2) is 7.52. The van der Waals surface area contributed by atoms with Gasteiger partial charge >= 0.3 is 0 Å². The third-order valence-electron chi connectivity index (χ3n) is 4.38. The fourth-order valence-electron chi connectivity index (χ4n) is 2.47. The van der Waals surface area contributed by atoms with E-state index in [4.69, 9.17) is 0 Å². The number of hydrazone groups is 1. The molecule has 0 bridgehead atoms. The van der Waals surface area contributed by atoms with Gasteiger partial charge in [0.15, 0.2) is 0 Å². The number of hydrogen-bond acceptors (Lipinski definition) is 3. The summed E-state index contributed by atoms with van der Waals surface area (Å²) in [6, 6.07) is 0. The van der Waals surface area contributed by atoms with Crippen molar-refractivity contribution in [2.24, 2.45) is 16.4 Å². The average molecular weight is 253 g/mol. The molecule has 0 aromatic carbocycles. The van der Waals surface area contributed by atoms with Crippen LogP contribution in [0.25, 0.3) is 0 Å². The number of hydrogen-bond donors (Lipinski definition) is 2. The molecule has 1 heterocycles. The molecule has 104 valence electrons. The lowest BCUT2D eigenvalue weighted by molar-refractivity contribution is -0.122. The molecular weight excluding hydrogens is 226 g/mol. The fraction of sp³-hybridized carbons (Fsp3) is 0.857. The van der Waals surface area contributed by atoms with E-state index in [-0.39, 0.29) is 11.8 Å². The Morgan fingerprint density at radius 2 is 2.00 bits per heavy atom. The van der Waals surface area contributed by atoms with Crippen molar-refractivity contribution in [2.45, 2.75) is 52.9 Å². The Balaban J connectivity index is 2.14. The molecule has 0 spiro atoms. The van der Waals surface area contributed by atoms with Crippen LogP contribution < -0.4 is 10.7 Å². The highest BCUT2D eigenvalue weighted by molar-refractivity contribution is 5.97. The number of nitrogens with zero attached hydrogens (tertiary/aromatic N) is 1. The van der Waals surface area contributed by atoms with Crippen LogP contribution in [0.5, 0.6) is 0 Å². The van der Waals surface area contributed by atoms with Crippen molar-refractivity contribution in [3.8, 4) is 0 Å². The minimum atomic E-state index is -0.0138. The van der Waals surface area contributed by atoms with Gasteiger partial charge in [-0.2, -0.15) is 5.10 Å². The Morgan fingerprint density at radius 3 is 2.50 bits per heavy atom. The van der Waals surface area contributed by atoms with Crippen LogP contribution in [0.4, 0.5) is 0 Å².